The van der Waals surface area contributed by atoms with Crippen molar-refractivity contribution < 1.29 is 28.7 Å². The summed E-state index contributed by atoms with van der Waals surface area (Å²) in [6.45, 7) is 2.12. The second kappa shape index (κ2) is 10.8. The van der Waals surface area contributed by atoms with E-state index in [4.69, 9.17) is 9.47 Å². The van der Waals surface area contributed by atoms with Gasteiger partial charge in [-0.15, -0.1) is 0 Å². The molecule has 1 unspecified atom stereocenters. The quantitative estimate of drug-likeness (QED) is 0.337. The molecule has 1 aliphatic carbocycles. The molecule has 2 aromatic carbocycles. The summed E-state index contributed by atoms with van der Waals surface area (Å²) < 4.78 is 10.1. The molecular formula is C27H30N2O6. The first-order chi connectivity index (χ1) is 16.9. The number of benzene rings is 2. The number of nitrogens with zero attached hydrogens (tertiary/aromatic N) is 1. The van der Waals surface area contributed by atoms with Crippen molar-refractivity contribution in [3.05, 3.63) is 69.8 Å². The van der Waals surface area contributed by atoms with Crippen LogP contribution in [0, 0.1) is 0 Å². The maximum atomic E-state index is 12.6. The Hall–Kier alpha value is -3.52. The number of hydrogen-bond donors (Lipinski definition) is 1. The molecule has 1 heterocycles. The van der Waals surface area contributed by atoms with Crippen LogP contribution in [0.1, 0.15) is 80.0 Å². The van der Waals surface area contributed by atoms with Crippen molar-refractivity contribution in [3.63, 3.8) is 0 Å². The van der Waals surface area contributed by atoms with E-state index >= 15 is 0 Å². The molecule has 35 heavy (non-hydrogen) atoms. The third-order valence-corrected chi connectivity index (χ3v) is 6.52. The van der Waals surface area contributed by atoms with Crippen molar-refractivity contribution in [1.29, 1.82) is 0 Å². The minimum absolute atomic E-state index is 0.110. The molecule has 0 fully saturated rings. The fraction of sp³-hybridized carbons (Fsp3) is 0.407. The topological polar surface area (TPSA) is 102 Å². The lowest BCUT2D eigenvalue weighted by Crippen LogP contribution is -2.31. The van der Waals surface area contributed by atoms with E-state index in [1.54, 1.807) is 7.11 Å². The van der Waals surface area contributed by atoms with Crippen molar-refractivity contribution in [2.24, 2.45) is 0 Å². The van der Waals surface area contributed by atoms with Gasteiger partial charge in [-0.25, -0.2) is 4.79 Å². The van der Waals surface area contributed by atoms with Crippen LogP contribution in [0.25, 0.3) is 0 Å². The number of imide groups is 1. The second-order valence-electron chi connectivity index (χ2n) is 8.97. The molecule has 2 aromatic rings. The van der Waals surface area contributed by atoms with Crippen LogP contribution in [-0.4, -0.2) is 55.5 Å². The molecule has 4 rings (SSSR count). The Kier molecular flexibility index (Phi) is 7.60. The van der Waals surface area contributed by atoms with Crippen molar-refractivity contribution in [2.75, 3.05) is 26.9 Å². The zero-order valence-corrected chi connectivity index (χ0v) is 20.1. The van der Waals surface area contributed by atoms with E-state index in [-0.39, 0.29) is 29.3 Å². The van der Waals surface area contributed by atoms with Gasteiger partial charge in [-0.3, -0.25) is 19.3 Å². The van der Waals surface area contributed by atoms with Gasteiger partial charge in [-0.2, -0.15) is 0 Å². The van der Waals surface area contributed by atoms with Crippen molar-refractivity contribution >= 4 is 23.7 Å². The molecule has 0 saturated heterocycles. The van der Waals surface area contributed by atoms with E-state index in [9.17, 15) is 19.2 Å². The lowest BCUT2D eigenvalue weighted by atomic mass is 9.89. The maximum absolute atomic E-state index is 12.6. The molecule has 0 spiro atoms. The number of ether oxygens (including phenoxy) is 2. The molecule has 3 amide bonds. The molecule has 0 radical (unpaired) electrons. The van der Waals surface area contributed by atoms with E-state index in [2.05, 4.69) is 17.4 Å². The number of carbonyl (C=O) groups excluding carboxylic acids is 4. The minimum Gasteiger partial charge on any atom is -0.452 e. The molecule has 1 N–H and O–H groups in total. The third-order valence-electron chi connectivity index (χ3n) is 6.52. The zero-order chi connectivity index (χ0) is 24.9. The smallest absolute Gasteiger partial charge is 0.338 e. The average molecular weight is 479 g/mol. The fourth-order valence-corrected chi connectivity index (χ4v) is 4.59. The van der Waals surface area contributed by atoms with Gasteiger partial charge in [0.05, 0.1) is 22.7 Å². The fourth-order valence-electron chi connectivity index (χ4n) is 4.59. The van der Waals surface area contributed by atoms with Crippen LogP contribution in [0.3, 0.4) is 0 Å². The summed E-state index contributed by atoms with van der Waals surface area (Å²) in [5.74, 6) is -1.99. The minimum atomic E-state index is -0.734. The highest BCUT2D eigenvalue weighted by molar-refractivity contribution is 6.22. The summed E-state index contributed by atoms with van der Waals surface area (Å²) >= 11 is 0. The number of hydrogen-bond acceptors (Lipinski definition) is 6. The summed E-state index contributed by atoms with van der Waals surface area (Å²) in [4.78, 5) is 51.2. The highest BCUT2D eigenvalue weighted by Crippen LogP contribution is 2.26. The van der Waals surface area contributed by atoms with Gasteiger partial charge in [0.1, 0.15) is 0 Å². The highest BCUT2D eigenvalue weighted by Gasteiger charge is 2.35. The number of fused-ring (bicyclic) bond motifs is 2. The summed E-state index contributed by atoms with van der Waals surface area (Å²) in [5, 5.41) is 2.86. The lowest BCUT2D eigenvalue weighted by Gasteiger charge is -2.20. The normalized spacial score (nSPS) is 15.4. The first kappa shape index (κ1) is 24.6. The molecule has 0 saturated carbocycles. The zero-order valence-electron chi connectivity index (χ0n) is 20.1. The van der Waals surface area contributed by atoms with Gasteiger partial charge in [-0.05, 0) is 73.9 Å². The number of rotatable bonds is 9. The summed E-state index contributed by atoms with van der Waals surface area (Å²) in [5.41, 5.74) is 4.25. The largest absolute Gasteiger partial charge is 0.452 e. The first-order valence-corrected chi connectivity index (χ1v) is 12.0. The van der Waals surface area contributed by atoms with E-state index in [1.165, 1.54) is 42.2 Å². The average Bonchev–Trinajstić information content (AvgIpc) is 3.11. The van der Waals surface area contributed by atoms with Crippen LogP contribution in [-0.2, 0) is 27.1 Å². The van der Waals surface area contributed by atoms with Gasteiger partial charge in [0.15, 0.2) is 6.61 Å². The van der Waals surface area contributed by atoms with E-state index in [0.717, 1.165) is 23.3 Å². The molecule has 1 atom stereocenters. The van der Waals surface area contributed by atoms with Crippen LogP contribution in [0.5, 0.6) is 0 Å². The van der Waals surface area contributed by atoms with Gasteiger partial charge < -0.3 is 14.8 Å². The number of methoxy groups -OCH3 is 1. The van der Waals surface area contributed by atoms with Crippen molar-refractivity contribution in [1.82, 2.24) is 10.2 Å². The number of amides is 3. The Morgan fingerprint density at radius 2 is 1.74 bits per heavy atom. The van der Waals surface area contributed by atoms with E-state index in [1.807, 2.05) is 13.0 Å². The van der Waals surface area contributed by atoms with E-state index in [0.29, 0.717) is 13.0 Å². The Labute approximate surface area is 204 Å². The number of esters is 1. The number of aryl methyl sites for hydroxylation is 2. The molecule has 8 nitrogen and oxygen atoms in total. The second-order valence-corrected chi connectivity index (χ2v) is 8.97. The molecule has 0 aromatic heterocycles. The number of nitrogens with one attached hydrogen (secondary N) is 1. The summed E-state index contributed by atoms with van der Waals surface area (Å²) in [6.07, 6.45) is 5.07. The highest BCUT2D eigenvalue weighted by atomic mass is 16.5. The Bertz CT molecular complexity index is 1160. The van der Waals surface area contributed by atoms with Crippen LogP contribution >= 0.6 is 0 Å². The first-order valence-electron chi connectivity index (χ1n) is 12.0. The maximum Gasteiger partial charge on any atom is 0.338 e. The lowest BCUT2D eigenvalue weighted by molar-refractivity contribution is -0.124. The Morgan fingerprint density at radius 3 is 2.51 bits per heavy atom. The Morgan fingerprint density at radius 1 is 1.00 bits per heavy atom. The van der Waals surface area contributed by atoms with Gasteiger partial charge in [0.2, 0.25) is 0 Å². The Balaban J connectivity index is 1.32. The van der Waals surface area contributed by atoms with Crippen LogP contribution in [0.2, 0.25) is 0 Å². The van der Waals surface area contributed by atoms with Gasteiger partial charge >= 0.3 is 5.97 Å². The van der Waals surface area contributed by atoms with Crippen molar-refractivity contribution in [2.45, 2.75) is 45.1 Å². The number of carbonyl (C=O) groups is 4. The van der Waals surface area contributed by atoms with Gasteiger partial charge in [0.25, 0.3) is 17.7 Å². The van der Waals surface area contributed by atoms with Crippen LogP contribution in [0.15, 0.2) is 36.4 Å². The predicted octanol–water partition coefficient (Wildman–Crippen LogP) is 3.23. The standard InChI is InChI=1S/C27H30N2O6/c1-17(19-9-8-18-6-3-4-7-20(18)14-19)28-24(30)16-35-27(33)21-10-11-22-23(15-21)26(32)29(25(22)31)12-5-13-34-2/h8-11,14-15,17H,3-7,12-13,16H2,1-2H3,(H,28,30). The molecule has 184 valence electrons. The monoisotopic (exact) mass is 478 g/mol. The summed E-state index contributed by atoms with van der Waals surface area (Å²) in [7, 11) is 1.55. The van der Waals surface area contributed by atoms with Gasteiger partial charge in [-0.1, -0.05) is 18.2 Å². The molecule has 8 heteroatoms. The molecule has 2 aliphatic rings. The predicted molar refractivity (Wildman–Crippen MR) is 128 cm³/mol. The summed E-state index contributed by atoms with van der Waals surface area (Å²) in [6, 6.07) is 10.3. The van der Waals surface area contributed by atoms with E-state index < -0.39 is 30.3 Å². The van der Waals surface area contributed by atoms with Gasteiger partial charge in [0, 0.05) is 20.3 Å². The van der Waals surface area contributed by atoms with Crippen LogP contribution in [0.4, 0.5) is 0 Å². The molecule has 0 bridgehead atoms. The van der Waals surface area contributed by atoms with Crippen molar-refractivity contribution in [3.8, 4) is 0 Å². The SMILES string of the molecule is COCCCN1C(=O)c2ccc(C(=O)OCC(=O)NC(C)c3ccc4c(c3)CCCC4)cc2C1=O. The molecule has 1 aliphatic heterocycles. The molecular weight excluding hydrogens is 448 g/mol. The van der Waals surface area contributed by atoms with Crippen LogP contribution < -0.4 is 5.32 Å². The third kappa shape index (κ3) is 5.43.